The molecule has 0 rings (SSSR count). The van der Waals surface area contributed by atoms with Crippen LogP contribution in [0, 0.1) is 0 Å². The van der Waals surface area contributed by atoms with E-state index in [4.69, 9.17) is 10.9 Å². The van der Waals surface area contributed by atoms with Crippen LogP contribution in [0.5, 0.6) is 0 Å². The number of hydrogen-bond donors (Lipinski definition) is 4. The maximum Gasteiger partial charge on any atom is 0.247 e. The molecule has 13 heavy (non-hydrogen) atoms. The maximum atomic E-state index is 11.3. The molecule has 5 N–H and O–H groups in total. The van der Waals surface area contributed by atoms with E-state index in [2.05, 4.69) is 10.3 Å². The minimum Gasteiger partial charge on any atom is -0.368 e. The van der Waals surface area contributed by atoms with Crippen LogP contribution in [-0.2, 0) is 4.79 Å². The van der Waals surface area contributed by atoms with E-state index in [1.165, 1.54) is 0 Å². The van der Waals surface area contributed by atoms with Crippen LogP contribution in [-0.4, -0.2) is 29.2 Å². The second kappa shape index (κ2) is 4.66. The highest BCUT2D eigenvalue weighted by atomic mass is 16.5. The molecule has 6 nitrogen and oxygen atoms in total. The second-order valence-electron chi connectivity index (χ2n) is 3.03. The monoisotopic (exact) mass is 188 g/mol. The number of hydrogen-bond acceptors (Lipinski definition) is 3. The first-order valence-electron chi connectivity index (χ1n) is 3.97. The Bertz CT molecular complexity index is 213. The second-order valence-corrected chi connectivity index (χ2v) is 3.03. The molecule has 0 saturated carbocycles. The molecule has 6 heteroatoms. The number of carbonyl (C=O) groups is 1. The third-order valence-electron chi connectivity index (χ3n) is 1.41. The van der Waals surface area contributed by atoms with Crippen molar-refractivity contribution in [2.75, 3.05) is 6.54 Å². The van der Waals surface area contributed by atoms with Gasteiger partial charge in [-0.3, -0.25) is 10.0 Å². The zero-order valence-electron chi connectivity index (χ0n) is 8.09. The lowest BCUT2D eigenvalue weighted by Crippen LogP contribution is -2.43. The molecule has 0 aliphatic heterocycles. The Morgan fingerprint density at radius 1 is 1.62 bits per heavy atom. The fourth-order valence-electron chi connectivity index (χ4n) is 0.754. The van der Waals surface area contributed by atoms with E-state index in [-0.39, 0.29) is 11.9 Å². The van der Waals surface area contributed by atoms with Gasteiger partial charge in [0, 0.05) is 6.54 Å². The van der Waals surface area contributed by atoms with Crippen molar-refractivity contribution in [1.82, 2.24) is 10.8 Å². The lowest BCUT2D eigenvalue weighted by Gasteiger charge is -2.18. The average Bonchev–Trinajstić information content (AvgIpc) is 2.04. The normalized spacial score (nSPS) is 12.5. The standard InChI is InChI=1S/C7H16N4O2/c1-4-9-5(12)7(2,3)10-6(8)11-13/h13H,4H2,1-3H3,(H,9,12)(H3,8,10,11). The van der Waals surface area contributed by atoms with Crippen LogP contribution in [0.2, 0.25) is 0 Å². The number of carbonyl (C=O) groups excluding carboxylic acids is 1. The molecule has 0 heterocycles. The van der Waals surface area contributed by atoms with Crippen molar-refractivity contribution in [3.8, 4) is 0 Å². The summed E-state index contributed by atoms with van der Waals surface area (Å²) in [6.07, 6.45) is 0. The summed E-state index contributed by atoms with van der Waals surface area (Å²) in [5.41, 5.74) is 5.89. The SMILES string of the molecule is CCNC(=O)C(C)(C)N=C(N)NO. The van der Waals surface area contributed by atoms with Crippen molar-refractivity contribution in [2.45, 2.75) is 26.3 Å². The first-order valence-corrected chi connectivity index (χ1v) is 3.97. The van der Waals surface area contributed by atoms with Crippen molar-refractivity contribution >= 4 is 11.9 Å². The highest BCUT2D eigenvalue weighted by molar-refractivity contribution is 5.89. The molecule has 0 aromatic heterocycles. The van der Waals surface area contributed by atoms with Gasteiger partial charge < -0.3 is 11.1 Å². The van der Waals surface area contributed by atoms with Crippen molar-refractivity contribution in [3.63, 3.8) is 0 Å². The summed E-state index contributed by atoms with van der Waals surface area (Å²) >= 11 is 0. The van der Waals surface area contributed by atoms with Gasteiger partial charge in [0.25, 0.3) is 0 Å². The first-order chi connectivity index (χ1) is 5.94. The van der Waals surface area contributed by atoms with E-state index in [9.17, 15) is 4.79 Å². The van der Waals surface area contributed by atoms with Gasteiger partial charge in [0.15, 0.2) is 0 Å². The molecule has 0 aromatic carbocycles. The van der Waals surface area contributed by atoms with Crippen LogP contribution in [0.3, 0.4) is 0 Å². The minimum atomic E-state index is -0.976. The van der Waals surface area contributed by atoms with Gasteiger partial charge in [-0.25, -0.2) is 10.5 Å². The number of nitrogens with zero attached hydrogens (tertiary/aromatic N) is 1. The Morgan fingerprint density at radius 3 is 2.54 bits per heavy atom. The molecular formula is C7H16N4O2. The van der Waals surface area contributed by atoms with Gasteiger partial charge in [0.2, 0.25) is 11.9 Å². The predicted octanol–water partition coefficient (Wildman–Crippen LogP) is -0.805. The van der Waals surface area contributed by atoms with Crippen LogP contribution in [0.1, 0.15) is 20.8 Å². The van der Waals surface area contributed by atoms with Crippen LogP contribution in [0.25, 0.3) is 0 Å². The van der Waals surface area contributed by atoms with Gasteiger partial charge >= 0.3 is 0 Å². The number of guanidine groups is 1. The predicted molar refractivity (Wildman–Crippen MR) is 49.3 cm³/mol. The van der Waals surface area contributed by atoms with Crippen molar-refractivity contribution in [1.29, 1.82) is 0 Å². The summed E-state index contributed by atoms with van der Waals surface area (Å²) in [6, 6.07) is 0. The van der Waals surface area contributed by atoms with Crippen LogP contribution in [0.4, 0.5) is 0 Å². The summed E-state index contributed by atoms with van der Waals surface area (Å²) in [5, 5.41) is 11.0. The van der Waals surface area contributed by atoms with Crippen molar-refractivity contribution < 1.29 is 10.0 Å². The topological polar surface area (TPSA) is 99.7 Å². The number of likely N-dealkylation sites (N-methyl/N-ethyl adjacent to an activating group) is 1. The van der Waals surface area contributed by atoms with Crippen LogP contribution >= 0.6 is 0 Å². The Hall–Kier alpha value is -1.30. The van der Waals surface area contributed by atoms with Crippen molar-refractivity contribution in [2.24, 2.45) is 10.7 Å². The Morgan fingerprint density at radius 2 is 2.15 bits per heavy atom. The number of amides is 1. The number of hydroxylamine groups is 1. The smallest absolute Gasteiger partial charge is 0.247 e. The van der Waals surface area contributed by atoms with Crippen molar-refractivity contribution in [3.05, 3.63) is 0 Å². The van der Waals surface area contributed by atoms with Crippen LogP contribution < -0.4 is 16.5 Å². The van der Waals surface area contributed by atoms with Gasteiger partial charge in [0.05, 0.1) is 0 Å². The van der Waals surface area contributed by atoms with Gasteiger partial charge in [0.1, 0.15) is 5.54 Å². The maximum absolute atomic E-state index is 11.3. The number of nitrogens with one attached hydrogen (secondary N) is 2. The minimum absolute atomic E-state index is 0.184. The average molecular weight is 188 g/mol. The largest absolute Gasteiger partial charge is 0.368 e. The van der Waals surface area contributed by atoms with Gasteiger partial charge in [-0.2, -0.15) is 0 Å². The van der Waals surface area contributed by atoms with E-state index in [0.717, 1.165) is 0 Å². The van der Waals surface area contributed by atoms with E-state index in [1.54, 1.807) is 19.3 Å². The molecule has 0 atom stereocenters. The summed E-state index contributed by atoms with van der Waals surface area (Å²) in [5.74, 6) is -0.426. The highest BCUT2D eigenvalue weighted by Crippen LogP contribution is 2.07. The zero-order chi connectivity index (χ0) is 10.5. The number of rotatable bonds is 3. The third-order valence-corrected chi connectivity index (χ3v) is 1.41. The lowest BCUT2D eigenvalue weighted by molar-refractivity contribution is -0.125. The molecule has 0 spiro atoms. The molecule has 0 bridgehead atoms. The Balaban J connectivity index is 4.47. The van der Waals surface area contributed by atoms with Crippen LogP contribution in [0.15, 0.2) is 4.99 Å². The molecule has 0 saturated heterocycles. The fourth-order valence-corrected chi connectivity index (χ4v) is 0.754. The summed E-state index contributed by atoms with van der Waals surface area (Å²) < 4.78 is 0. The molecule has 1 amide bonds. The molecule has 0 aliphatic carbocycles. The highest BCUT2D eigenvalue weighted by Gasteiger charge is 2.26. The van der Waals surface area contributed by atoms with Gasteiger partial charge in [-0.05, 0) is 20.8 Å². The summed E-state index contributed by atoms with van der Waals surface area (Å²) in [4.78, 5) is 15.1. The number of aliphatic imine (C=N–C) groups is 1. The molecule has 0 radical (unpaired) electrons. The van der Waals surface area contributed by atoms with E-state index in [0.29, 0.717) is 6.54 Å². The van der Waals surface area contributed by atoms with Gasteiger partial charge in [-0.15, -0.1) is 0 Å². The zero-order valence-corrected chi connectivity index (χ0v) is 8.09. The molecule has 0 aliphatic rings. The Kier molecular flexibility index (Phi) is 4.19. The molecule has 0 aromatic rings. The molecule has 0 unspecified atom stereocenters. The third kappa shape index (κ3) is 3.75. The fraction of sp³-hybridized carbons (Fsp3) is 0.714. The number of nitrogens with two attached hydrogens (primary N) is 1. The molecular weight excluding hydrogens is 172 g/mol. The molecule has 76 valence electrons. The van der Waals surface area contributed by atoms with E-state index in [1.807, 2.05) is 6.92 Å². The molecule has 0 fully saturated rings. The van der Waals surface area contributed by atoms with Gasteiger partial charge in [-0.1, -0.05) is 0 Å². The quantitative estimate of drug-likeness (QED) is 0.264. The lowest BCUT2D eigenvalue weighted by atomic mass is 10.1. The van der Waals surface area contributed by atoms with E-state index >= 15 is 0 Å². The summed E-state index contributed by atoms with van der Waals surface area (Å²) in [7, 11) is 0. The van der Waals surface area contributed by atoms with E-state index < -0.39 is 5.54 Å². The Labute approximate surface area is 77.2 Å². The summed E-state index contributed by atoms with van der Waals surface area (Å²) in [6.45, 7) is 5.54. The first kappa shape index (κ1) is 11.7.